The second-order valence-electron chi connectivity index (χ2n) is 6.62. The molecule has 1 aliphatic heterocycles. The van der Waals surface area contributed by atoms with Crippen LogP contribution in [0, 0.1) is 0 Å². The first-order valence-corrected chi connectivity index (χ1v) is 8.73. The Morgan fingerprint density at radius 2 is 2.07 bits per heavy atom. The summed E-state index contributed by atoms with van der Waals surface area (Å²) in [6.07, 6.45) is -4.45. The van der Waals surface area contributed by atoms with Gasteiger partial charge in [-0.05, 0) is 31.0 Å². The number of carbonyl (C=O) groups is 2. The van der Waals surface area contributed by atoms with E-state index in [1.165, 1.54) is 6.92 Å². The molecule has 0 spiro atoms. The van der Waals surface area contributed by atoms with Gasteiger partial charge in [0.25, 0.3) is 0 Å². The molecule has 2 amide bonds. The van der Waals surface area contributed by atoms with Gasteiger partial charge in [-0.25, -0.2) is 0 Å². The molecule has 0 aromatic heterocycles. The number of hydrogen-bond acceptors (Lipinski definition) is 4. The highest BCUT2D eigenvalue weighted by atomic mass is 35.5. The molecule has 1 heterocycles. The maximum atomic E-state index is 12.8. The highest BCUT2D eigenvalue weighted by molar-refractivity contribution is 6.31. The van der Waals surface area contributed by atoms with Gasteiger partial charge in [0.1, 0.15) is 0 Å². The van der Waals surface area contributed by atoms with Crippen molar-refractivity contribution in [2.75, 3.05) is 6.61 Å². The molecule has 4 N–H and O–H groups in total. The number of aliphatic hydroxyl groups is 1. The van der Waals surface area contributed by atoms with Crippen molar-refractivity contribution in [3.05, 3.63) is 34.3 Å². The lowest BCUT2D eigenvalue weighted by atomic mass is 9.91. The van der Waals surface area contributed by atoms with Crippen LogP contribution < -0.4 is 16.0 Å². The Morgan fingerprint density at radius 1 is 1.41 bits per heavy atom. The third kappa shape index (κ3) is 4.91. The maximum absolute atomic E-state index is 12.8. The molecule has 27 heavy (non-hydrogen) atoms. The smallest absolute Gasteiger partial charge is 0.394 e. The number of rotatable bonds is 5. The lowest BCUT2D eigenvalue weighted by Gasteiger charge is -2.35. The minimum Gasteiger partial charge on any atom is -0.394 e. The summed E-state index contributed by atoms with van der Waals surface area (Å²) in [6, 6.07) is 1.87. The van der Waals surface area contributed by atoms with Gasteiger partial charge in [-0.2, -0.15) is 13.2 Å². The fourth-order valence-corrected chi connectivity index (χ4v) is 3.25. The number of alkyl halides is 3. The zero-order chi connectivity index (χ0) is 20.4. The number of aliphatic hydroxyl groups excluding tert-OH is 1. The topological polar surface area (TPSA) is 90.5 Å². The Bertz CT molecular complexity index is 729. The predicted molar refractivity (Wildman–Crippen MR) is 92.8 cm³/mol. The van der Waals surface area contributed by atoms with Crippen LogP contribution in [0.15, 0.2) is 18.2 Å². The summed E-state index contributed by atoms with van der Waals surface area (Å²) in [5.74, 6) is -0.852. The van der Waals surface area contributed by atoms with Crippen molar-refractivity contribution in [1.82, 2.24) is 16.0 Å². The van der Waals surface area contributed by atoms with E-state index < -0.39 is 35.8 Å². The molecule has 0 aliphatic carbocycles. The minimum atomic E-state index is -4.56. The van der Waals surface area contributed by atoms with Crippen LogP contribution in [-0.4, -0.2) is 35.7 Å². The molecule has 1 saturated heterocycles. The van der Waals surface area contributed by atoms with E-state index in [9.17, 15) is 27.9 Å². The van der Waals surface area contributed by atoms with E-state index in [4.69, 9.17) is 11.6 Å². The molecule has 1 fully saturated rings. The molecular formula is C17H21ClF3N3O3. The zero-order valence-corrected chi connectivity index (χ0v) is 15.5. The third-order valence-corrected chi connectivity index (χ3v) is 4.77. The van der Waals surface area contributed by atoms with Crippen molar-refractivity contribution >= 4 is 23.4 Å². The van der Waals surface area contributed by atoms with E-state index >= 15 is 0 Å². The average Bonchev–Trinajstić information content (AvgIpc) is 2.59. The molecule has 3 atom stereocenters. The van der Waals surface area contributed by atoms with Gasteiger partial charge >= 0.3 is 6.18 Å². The van der Waals surface area contributed by atoms with Crippen LogP contribution in [0.2, 0.25) is 5.02 Å². The van der Waals surface area contributed by atoms with Crippen molar-refractivity contribution in [3.63, 3.8) is 0 Å². The largest absolute Gasteiger partial charge is 0.416 e. The van der Waals surface area contributed by atoms with Gasteiger partial charge in [0.2, 0.25) is 11.8 Å². The molecule has 0 radical (unpaired) electrons. The number of nitrogens with one attached hydrogen (secondary N) is 3. The lowest BCUT2D eigenvalue weighted by molar-refractivity contribution is -0.137. The number of amides is 2. The van der Waals surface area contributed by atoms with Crippen molar-refractivity contribution < 1.29 is 27.9 Å². The van der Waals surface area contributed by atoms with Gasteiger partial charge in [-0.1, -0.05) is 24.6 Å². The van der Waals surface area contributed by atoms with E-state index in [-0.39, 0.29) is 29.1 Å². The van der Waals surface area contributed by atoms with E-state index in [0.29, 0.717) is 6.42 Å². The summed E-state index contributed by atoms with van der Waals surface area (Å²) in [4.78, 5) is 24.3. The van der Waals surface area contributed by atoms with Crippen molar-refractivity contribution in [1.29, 1.82) is 0 Å². The summed E-state index contributed by atoms with van der Waals surface area (Å²) < 4.78 is 38.4. The predicted octanol–water partition coefficient (Wildman–Crippen LogP) is 1.90. The first-order valence-electron chi connectivity index (χ1n) is 8.35. The van der Waals surface area contributed by atoms with E-state index in [0.717, 1.165) is 18.2 Å². The first kappa shape index (κ1) is 21.5. The summed E-state index contributed by atoms with van der Waals surface area (Å²) in [5.41, 5.74) is -2.21. The van der Waals surface area contributed by atoms with Crippen LogP contribution in [0.4, 0.5) is 13.2 Å². The molecule has 2 unspecified atom stereocenters. The summed E-state index contributed by atoms with van der Waals surface area (Å²) in [7, 11) is 0. The summed E-state index contributed by atoms with van der Waals surface area (Å²) >= 11 is 5.99. The molecular weight excluding hydrogens is 387 g/mol. The van der Waals surface area contributed by atoms with Gasteiger partial charge < -0.3 is 15.7 Å². The number of hydrogen-bond donors (Lipinski definition) is 4. The van der Waals surface area contributed by atoms with Gasteiger partial charge in [0, 0.05) is 5.02 Å². The SMILES string of the molecule is CCC1NC(=O)CC(C(=O)N[C@](C)(CO)c2ccc(C(F)(F)F)cc2Cl)N1. The molecule has 1 aromatic carbocycles. The van der Waals surface area contributed by atoms with Crippen LogP contribution in [-0.2, 0) is 21.3 Å². The summed E-state index contributed by atoms with van der Waals surface area (Å²) in [5, 5.41) is 17.8. The first-order chi connectivity index (χ1) is 12.5. The molecule has 1 aliphatic rings. The standard InChI is InChI=1S/C17H21ClF3N3O3/c1-3-13-22-12(7-14(26)23-13)15(27)24-16(2,8-25)10-5-4-9(6-11(10)18)17(19,20)21/h4-6,12-13,22,25H,3,7-8H2,1-2H3,(H,23,26)(H,24,27)/t12?,13?,16-/m1/s1. The summed E-state index contributed by atoms with van der Waals surface area (Å²) in [6.45, 7) is 2.68. The Balaban J connectivity index is 2.24. The third-order valence-electron chi connectivity index (χ3n) is 4.46. The van der Waals surface area contributed by atoms with Gasteiger partial charge in [-0.3, -0.25) is 14.9 Å². The van der Waals surface area contributed by atoms with Crippen LogP contribution in [0.25, 0.3) is 0 Å². The van der Waals surface area contributed by atoms with Crippen molar-refractivity contribution in [3.8, 4) is 0 Å². The number of halogens is 4. The average molecular weight is 408 g/mol. The van der Waals surface area contributed by atoms with Gasteiger partial charge in [0.15, 0.2) is 0 Å². The maximum Gasteiger partial charge on any atom is 0.416 e. The molecule has 0 bridgehead atoms. The normalized spacial score (nSPS) is 22.7. The number of benzene rings is 1. The quantitative estimate of drug-likeness (QED) is 0.600. The Hall–Kier alpha value is -1.84. The minimum absolute atomic E-state index is 0.0927. The molecule has 10 heteroatoms. The monoisotopic (exact) mass is 407 g/mol. The number of carbonyl (C=O) groups excluding carboxylic acids is 2. The van der Waals surface area contributed by atoms with E-state index in [2.05, 4.69) is 16.0 Å². The van der Waals surface area contributed by atoms with Crippen LogP contribution in [0.3, 0.4) is 0 Å². The molecule has 150 valence electrons. The second kappa shape index (κ2) is 8.04. The zero-order valence-electron chi connectivity index (χ0n) is 14.8. The van der Waals surface area contributed by atoms with Crippen LogP contribution >= 0.6 is 11.6 Å². The van der Waals surface area contributed by atoms with Crippen LogP contribution in [0.5, 0.6) is 0 Å². The lowest BCUT2D eigenvalue weighted by Crippen LogP contribution is -2.62. The fourth-order valence-electron chi connectivity index (χ4n) is 2.86. The molecule has 0 saturated carbocycles. The van der Waals surface area contributed by atoms with E-state index in [1.807, 2.05) is 6.92 Å². The molecule has 2 rings (SSSR count). The van der Waals surface area contributed by atoms with Crippen molar-refractivity contribution in [2.45, 2.75) is 50.6 Å². The fraction of sp³-hybridized carbons (Fsp3) is 0.529. The van der Waals surface area contributed by atoms with Crippen molar-refractivity contribution in [2.24, 2.45) is 0 Å². The Kier molecular flexibility index (Phi) is 6.39. The van der Waals surface area contributed by atoms with Gasteiger partial charge in [-0.15, -0.1) is 0 Å². The Morgan fingerprint density at radius 3 is 2.59 bits per heavy atom. The second-order valence-corrected chi connectivity index (χ2v) is 7.03. The van der Waals surface area contributed by atoms with Gasteiger partial charge in [0.05, 0.1) is 36.3 Å². The highest BCUT2D eigenvalue weighted by Gasteiger charge is 2.37. The van der Waals surface area contributed by atoms with Crippen LogP contribution in [0.1, 0.15) is 37.8 Å². The van der Waals surface area contributed by atoms with E-state index in [1.54, 1.807) is 0 Å². The highest BCUT2D eigenvalue weighted by Crippen LogP contribution is 2.35. The molecule has 1 aromatic rings. The Labute approximate surface area is 159 Å². The molecule has 6 nitrogen and oxygen atoms in total.